The maximum absolute atomic E-state index is 12.6. The van der Waals surface area contributed by atoms with E-state index >= 15 is 0 Å². The van der Waals surface area contributed by atoms with Crippen LogP contribution in [0.25, 0.3) is 0 Å². The second kappa shape index (κ2) is 7.77. The summed E-state index contributed by atoms with van der Waals surface area (Å²) >= 11 is 0. The minimum Gasteiger partial charge on any atom is -0.308 e. The third-order valence-electron chi connectivity index (χ3n) is 5.56. The van der Waals surface area contributed by atoms with Crippen LogP contribution in [0.1, 0.15) is 42.0 Å². The molecule has 0 bridgehead atoms. The number of hydrogen-bond acceptors (Lipinski definition) is 4. The Hall–Kier alpha value is -1.64. The Labute approximate surface area is 162 Å². The Morgan fingerprint density at radius 3 is 2.15 bits per heavy atom. The first kappa shape index (κ1) is 20.1. The van der Waals surface area contributed by atoms with Gasteiger partial charge in [-0.3, -0.25) is 0 Å². The predicted octanol–water partition coefficient (Wildman–Crippen LogP) is 1.91. The summed E-state index contributed by atoms with van der Waals surface area (Å²) < 4.78 is 28.5. The lowest BCUT2D eigenvalue weighted by Crippen LogP contribution is -2.49. The lowest BCUT2D eigenvalue weighted by atomic mass is 9.99. The molecule has 2 aliphatic carbocycles. The molecule has 1 atom stereocenters. The number of nitrogens with one attached hydrogen (secondary N) is 2. The molecule has 1 aromatic rings. The standard InChI is InChI=1S/C19H30N4O3S/c1-13(12-22(2)3)23(4)27(25,26)21-19(24)20-18-16-9-5-7-14(16)11-15-8-6-10-17(15)18/h11,13H,5-10,12H2,1-4H3,(H2,20,21,24). The fourth-order valence-corrected chi connectivity index (χ4v) is 5.15. The molecule has 2 N–H and O–H groups in total. The average Bonchev–Trinajstić information content (AvgIpc) is 3.21. The number of urea groups is 1. The number of nitrogens with zero attached hydrogens (tertiary/aromatic N) is 2. The molecule has 8 heteroatoms. The van der Waals surface area contributed by atoms with Crippen LogP contribution in [-0.4, -0.2) is 57.4 Å². The van der Waals surface area contributed by atoms with Crippen LogP contribution < -0.4 is 10.0 Å². The van der Waals surface area contributed by atoms with Gasteiger partial charge in [0, 0.05) is 25.3 Å². The van der Waals surface area contributed by atoms with Gasteiger partial charge in [0.2, 0.25) is 0 Å². The lowest BCUT2D eigenvalue weighted by molar-refractivity contribution is 0.254. The zero-order valence-corrected chi connectivity index (χ0v) is 17.4. The van der Waals surface area contributed by atoms with Gasteiger partial charge < -0.3 is 10.2 Å². The van der Waals surface area contributed by atoms with Gasteiger partial charge in [0.05, 0.1) is 0 Å². The van der Waals surface area contributed by atoms with Crippen LogP contribution >= 0.6 is 0 Å². The summed E-state index contributed by atoms with van der Waals surface area (Å²) in [4.78, 5) is 14.4. The molecule has 2 amide bonds. The highest BCUT2D eigenvalue weighted by atomic mass is 32.2. The van der Waals surface area contributed by atoms with Crippen molar-refractivity contribution < 1.29 is 13.2 Å². The summed E-state index contributed by atoms with van der Waals surface area (Å²) in [7, 11) is 1.34. The van der Waals surface area contributed by atoms with Gasteiger partial charge in [0.25, 0.3) is 0 Å². The van der Waals surface area contributed by atoms with Gasteiger partial charge in [0.15, 0.2) is 0 Å². The number of hydrogen-bond donors (Lipinski definition) is 2. The molecular weight excluding hydrogens is 364 g/mol. The zero-order chi connectivity index (χ0) is 19.8. The third kappa shape index (κ3) is 4.28. The van der Waals surface area contributed by atoms with Gasteiger partial charge in [-0.25, -0.2) is 9.52 Å². The second-order valence-corrected chi connectivity index (χ2v) is 9.65. The van der Waals surface area contributed by atoms with Gasteiger partial charge in [-0.15, -0.1) is 0 Å². The van der Waals surface area contributed by atoms with Crippen molar-refractivity contribution in [3.05, 3.63) is 28.3 Å². The molecule has 0 heterocycles. The molecule has 150 valence electrons. The number of carbonyl (C=O) groups excluding carboxylic acids is 1. The number of anilines is 1. The van der Waals surface area contributed by atoms with E-state index in [2.05, 4.69) is 16.1 Å². The molecule has 3 rings (SSSR count). The Morgan fingerprint density at radius 1 is 1.07 bits per heavy atom. The number of fused-ring (bicyclic) bond motifs is 2. The molecule has 1 aromatic carbocycles. The first-order chi connectivity index (χ1) is 12.7. The smallest absolute Gasteiger partial charge is 0.308 e. The minimum atomic E-state index is -3.91. The first-order valence-corrected chi connectivity index (χ1v) is 11.0. The Balaban J connectivity index is 1.75. The van der Waals surface area contributed by atoms with Gasteiger partial charge in [-0.2, -0.15) is 12.7 Å². The quantitative estimate of drug-likeness (QED) is 0.772. The van der Waals surface area contributed by atoms with Gasteiger partial charge >= 0.3 is 16.2 Å². The molecule has 0 aromatic heterocycles. The first-order valence-electron chi connectivity index (χ1n) is 9.57. The van der Waals surface area contributed by atoms with Crippen LogP contribution in [0.2, 0.25) is 0 Å². The number of carbonyl (C=O) groups is 1. The maximum Gasteiger partial charge on any atom is 0.333 e. The Bertz CT molecular complexity index is 804. The van der Waals surface area contributed by atoms with Crippen molar-refractivity contribution in [3.8, 4) is 0 Å². The lowest BCUT2D eigenvalue weighted by Gasteiger charge is -2.26. The molecule has 0 radical (unpaired) electrons. The maximum atomic E-state index is 12.6. The summed E-state index contributed by atoms with van der Waals surface area (Å²) in [5.74, 6) is 0. The van der Waals surface area contributed by atoms with Crippen LogP contribution in [0.15, 0.2) is 6.07 Å². The van der Waals surface area contributed by atoms with Gasteiger partial charge in [0.1, 0.15) is 0 Å². The number of aryl methyl sites for hydroxylation is 2. The summed E-state index contributed by atoms with van der Waals surface area (Å²) in [6.07, 6.45) is 6.09. The number of likely N-dealkylation sites (N-methyl/N-ethyl adjacent to an activating group) is 2. The average molecular weight is 395 g/mol. The molecule has 27 heavy (non-hydrogen) atoms. The van der Waals surface area contributed by atoms with Crippen molar-refractivity contribution in [2.24, 2.45) is 0 Å². The predicted molar refractivity (Wildman–Crippen MR) is 107 cm³/mol. The SMILES string of the molecule is CC(CN(C)C)N(C)S(=O)(=O)NC(=O)Nc1c2c(cc3c1CCC3)CCC2. The van der Waals surface area contributed by atoms with E-state index in [4.69, 9.17) is 0 Å². The van der Waals surface area contributed by atoms with Crippen molar-refractivity contribution in [2.45, 2.75) is 51.5 Å². The highest BCUT2D eigenvalue weighted by Crippen LogP contribution is 2.38. The molecule has 7 nitrogen and oxygen atoms in total. The van der Waals surface area contributed by atoms with Crippen molar-refractivity contribution in [1.82, 2.24) is 13.9 Å². The molecule has 0 saturated heterocycles. The fraction of sp³-hybridized carbons (Fsp3) is 0.632. The normalized spacial score (nSPS) is 17.1. The van der Waals surface area contributed by atoms with Crippen LogP contribution in [-0.2, 0) is 35.9 Å². The van der Waals surface area contributed by atoms with Crippen molar-refractivity contribution in [2.75, 3.05) is 33.0 Å². The molecule has 2 aliphatic rings. The van der Waals surface area contributed by atoms with Gasteiger partial charge in [-0.1, -0.05) is 6.07 Å². The summed E-state index contributed by atoms with van der Waals surface area (Å²) in [5.41, 5.74) is 5.79. The zero-order valence-electron chi connectivity index (χ0n) is 16.6. The topological polar surface area (TPSA) is 81.8 Å². The van der Waals surface area contributed by atoms with E-state index in [9.17, 15) is 13.2 Å². The second-order valence-electron chi connectivity index (χ2n) is 7.92. The van der Waals surface area contributed by atoms with Crippen LogP contribution in [0.4, 0.5) is 10.5 Å². The molecule has 0 fully saturated rings. The van der Waals surface area contributed by atoms with Crippen LogP contribution in [0.3, 0.4) is 0 Å². The van der Waals surface area contributed by atoms with Crippen LogP contribution in [0.5, 0.6) is 0 Å². The molecule has 0 aliphatic heterocycles. The molecule has 0 spiro atoms. The van der Waals surface area contributed by atoms with E-state index < -0.39 is 16.2 Å². The molecule has 1 unspecified atom stereocenters. The highest BCUT2D eigenvalue weighted by molar-refractivity contribution is 7.87. The minimum absolute atomic E-state index is 0.254. The summed E-state index contributed by atoms with van der Waals surface area (Å²) in [6, 6.07) is 1.34. The number of benzene rings is 1. The van der Waals surface area contributed by atoms with Crippen molar-refractivity contribution in [1.29, 1.82) is 0 Å². The van der Waals surface area contributed by atoms with E-state index in [0.29, 0.717) is 6.54 Å². The summed E-state index contributed by atoms with van der Waals surface area (Å²) in [6.45, 7) is 2.38. The van der Waals surface area contributed by atoms with Crippen molar-refractivity contribution in [3.63, 3.8) is 0 Å². The van der Waals surface area contributed by atoms with E-state index in [-0.39, 0.29) is 6.04 Å². The van der Waals surface area contributed by atoms with E-state index in [0.717, 1.165) is 44.2 Å². The van der Waals surface area contributed by atoms with Crippen molar-refractivity contribution >= 4 is 21.9 Å². The Kier molecular flexibility index (Phi) is 5.79. The number of rotatable bonds is 6. The highest BCUT2D eigenvalue weighted by Gasteiger charge is 2.28. The van der Waals surface area contributed by atoms with Gasteiger partial charge in [-0.05, 0) is 81.8 Å². The number of amides is 2. The Morgan fingerprint density at radius 2 is 1.63 bits per heavy atom. The summed E-state index contributed by atoms with van der Waals surface area (Å²) in [5, 5.41) is 2.87. The third-order valence-corrected chi connectivity index (χ3v) is 7.12. The van der Waals surface area contributed by atoms with E-state index in [1.807, 2.05) is 25.9 Å². The largest absolute Gasteiger partial charge is 0.333 e. The van der Waals surface area contributed by atoms with E-state index in [1.54, 1.807) is 0 Å². The molecule has 0 saturated carbocycles. The van der Waals surface area contributed by atoms with Crippen LogP contribution in [0, 0.1) is 0 Å². The fourth-order valence-electron chi connectivity index (χ4n) is 4.18. The molecular formula is C19H30N4O3S. The van der Waals surface area contributed by atoms with E-state index in [1.165, 1.54) is 33.6 Å². The monoisotopic (exact) mass is 394 g/mol.